The Morgan fingerprint density at radius 3 is 2.75 bits per heavy atom. The van der Waals surface area contributed by atoms with Crippen LogP contribution in [0.5, 0.6) is 0 Å². The van der Waals surface area contributed by atoms with Crippen LogP contribution >= 0.6 is 0 Å². The number of nitrogens with zero attached hydrogens (tertiary/aromatic N) is 2. The normalized spacial score (nSPS) is 27.9. The maximum absolute atomic E-state index is 5.86. The minimum atomic E-state index is 0.280. The molecule has 1 aromatic heterocycles. The highest BCUT2D eigenvalue weighted by Gasteiger charge is 2.33. The Morgan fingerprint density at radius 1 is 1.25 bits per heavy atom. The molecule has 2 saturated heterocycles. The van der Waals surface area contributed by atoms with Gasteiger partial charge in [-0.05, 0) is 36.8 Å². The number of rotatable bonds is 6. The third-order valence-electron chi connectivity index (χ3n) is 5.10. The largest absolute Gasteiger partial charge is 0.377 e. The molecule has 0 saturated carbocycles. The molecule has 3 heterocycles. The lowest BCUT2D eigenvalue weighted by Gasteiger charge is -2.28. The first kappa shape index (κ1) is 17.8. The van der Waals surface area contributed by atoms with Crippen LogP contribution in [0.25, 0.3) is 0 Å². The minimum absolute atomic E-state index is 0.280. The van der Waals surface area contributed by atoms with Gasteiger partial charge in [-0.3, -0.25) is 20.7 Å². The molecule has 2 aliphatic rings. The van der Waals surface area contributed by atoms with Crippen molar-refractivity contribution >= 4 is 0 Å². The van der Waals surface area contributed by atoms with Crippen LogP contribution in [0.4, 0.5) is 0 Å². The van der Waals surface area contributed by atoms with E-state index >= 15 is 0 Å². The second-order valence-corrected chi connectivity index (χ2v) is 8.29. The monoisotopic (exact) mass is 332 g/mol. The van der Waals surface area contributed by atoms with Crippen molar-refractivity contribution < 1.29 is 4.74 Å². The number of pyridine rings is 1. The van der Waals surface area contributed by atoms with E-state index in [0.717, 1.165) is 38.4 Å². The van der Waals surface area contributed by atoms with Crippen molar-refractivity contribution in [3.05, 3.63) is 30.1 Å². The zero-order chi connectivity index (χ0) is 17.0. The topological polar surface area (TPSA) is 49.4 Å². The summed E-state index contributed by atoms with van der Waals surface area (Å²) < 4.78 is 5.86. The quantitative estimate of drug-likeness (QED) is 0.837. The van der Waals surface area contributed by atoms with E-state index in [1.165, 1.54) is 12.8 Å². The molecule has 2 fully saturated rings. The number of nitrogens with one attached hydrogen (secondary N) is 2. The van der Waals surface area contributed by atoms with Gasteiger partial charge >= 0.3 is 0 Å². The maximum Gasteiger partial charge on any atom is 0.0703 e. The summed E-state index contributed by atoms with van der Waals surface area (Å²) in [6.07, 6.45) is 5.79. The van der Waals surface area contributed by atoms with Crippen LogP contribution in [0.2, 0.25) is 0 Å². The summed E-state index contributed by atoms with van der Waals surface area (Å²) in [5, 5.41) is 0. The zero-order valence-electron chi connectivity index (χ0n) is 15.3. The van der Waals surface area contributed by atoms with Gasteiger partial charge in [-0.2, -0.15) is 0 Å². The van der Waals surface area contributed by atoms with Gasteiger partial charge in [-0.1, -0.05) is 26.8 Å². The molecule has 3 atom stereocenters. The fraction of sp³-hybridized carbons (Fsp3) is 0.737. The lowest BCUT2D eigenvalue weighted by atomic mass is 9.84. The Balaban J connectivity index is 1.59. The number of hydrogen-bond acceptors (Lipinski definition) is 5. The predicted molar refractivity (Wildman–Crippen MR) is 96.4 cm³/mol. The van der Waals surface area contributed by atoms with Crippen molar-refractivity contribution in [3.63, 3.8) is 0 Å². The molecular weight excluding hydrogens is 300 g/mol. The van der Waals surface area contributed by atoms with Crippen molar-refractivity contribution in [2.24, 2.45) is 5.41 Å². The van der Waals surface area contributed by atoms with Crippen molar-refractivity contribution in [2.45, 2.75) is 64.8 Å². The lowest BCUT2D eigenvalue weighted by molar-refractivity contribution is 0.0669. The average Bonchev–Trinajstić information content (AvgIpc) is 3.19. The standard InChI is InChI=1S/C19H32N4O/c1-19(2,3)18-11-16(21-22-18)13-23(14-17-8-6-10-24-17)12-15-7-4-5-9-20-15/h4-5,7,9,16-18,21-22H,6,8,10-14H2,1-3H3. The molecule has 0 bridgehead atoms. The Morgan fingerprint density at radius 2 is 2.12 bits per heavy atom. The Bertz CT molecular complexity index is 496. The van der Waals surface area contributed by atoms with E-state index in [4.69, 9.17) is 4.74 Å². The first-order chi connectivity index (χ1) is 11.5. The SMILES string of the molecule is CC(C)(C)C1CC(CN(Cc2ccccn2)CC2CCCO2)NN1. The van der Waals surface area contributed by atoms with Gasteiger partial charge in [0.05, 0.1) is 11.8 Å². The molecule has 134 valence electrons. The van der Waals surface area contributed by atoms with Gasteiger partial charge in [-0.25, -0.2) is 0 Å². The summed E-state index contributed by atoms with van der Waals surface area (Å²) in [5.41, 5.74) is 8.40. The first-order valence-corrected chi connectivity index (χ1v) is 9.25. The maximum atomic E-state index is 5.86. The van der Waals surface area contributed by atoms with Crippen LogP contribution < -0.4 is 10.9 Å². The van der Waals surface area contributed by atoms with Crippen molar-refractivity contribution in [2.75, 3.05) is 19.7 Å². The van der Waals surface area contributed by atoms with Crippen molar-refractivity contribution in [3.8, 4) is 0 Å². The number of ether oxygens (including phenoxy) is 1. The van der Waals surface area contributed by atoms with Crippen LogP contribution in [0.15, 0.2) is 24.4 Å². The summed E-state index contributed by atoms with van der Waals surface area (Å²) in [6.45, 7) is 10.7. The van der Waals surface area contributed by atoms with Gasteiger partial charge in [-0.15, -0.1) is 0 Å². The molecule has 2 N–H and O–H groups in total. The number of aromatic nitrogens is 1. The van der Waals surface area contributed by atoms with Gasteiger partial charge < -0.3 is 4.74 Å². The summed E-state index contributed by atoms with van der Waals surface area (Å²) in [6, 6.07) is 7.14. The molecule has 5 nitrogen and oxygen atoms in total. The van der Waals surface area contributed by atoms with E-state index in [-0.39, 0.29) is 5.41 Å². The fourth-order valence-corrected chi connectivity index (χ4v) is 3.62. The highest BCUT2D eigenvalue weighted by Crippen LogP contribution is 2.26. The van der Waals surface area contributed by atoms with E-state index in [0.29, 0.717) is 18.2 Å². The van der Waals surface area contributed by atoms with Gasteiger partial charge in [0.25, 0.3) is 0 Å². The third kappa shape index (κ3) is 4.99. The molecule has 0 spiro atoms. The second-order valence-electron chi connectivity index (χ2n) is 8.29. The molecular formula is C19H32N4O. The summed E-state index contributed by atoms with van der Waals surface area (Å²) in [5.74, 6) is 0. The van der Waals surface area contributed by atoms with Gasteiger partial charge in [0.15, 0.2) is 0 Å². The van der Waals surface area contributed by atoms with Crippen LogP contribution in [0.1, 0.15) is 45.7 Å². The molecule has 0 aromatic carbocycles. The first-order valence-electron chi connectivity index (χ1n) is 9.25. The Hall–Kier alpha value is -1.01. The van der Waals surface area contributed by atoms with Gasteiger partial charge in [0.1, 0.15) is 0 Å². The van der Waals surface area contributed by atoms with Crippen LogP contribution in [0, 0.1) is 5.41 Å². The van der Waals surface area contributed by atoms with Gasteiger partial charge in [0.2, 0.25) is 0 Å². The molecule has 5 heteroatoms. The van der Waals surface area contributed by atoms with Gasteiger partial charge in [0, 0.05) is 44.5 Å². The highest BCUT2D eigenvalue weighted by molar-refractivity contribution is 5.03. The molecule has 3 rings (SSSR count). The number of hydrazine groups is 1. The fourth-order valence-electron chi connectivity index (χ4n) is 3.62. The van der Waals surface area contributed by atoms with Crippen LogP contribution in [0.3, 0.4) is 0 Å². The molecule has 0 radical (unpaired) electrons. The minimum Gasteiger partial charge on any atom is -0.377 e. The van der Waals surface area contributed by atoms with E-state index in [2.05, 4.69) is 53.6 Å². The van der Waals surface area contributed by atoms with Crippen LogP contribution in [-0.2, 0) is 11.3 Å². The molecule has 3 unspecified atom stereocenters. The Kier molecular flexibility index (Phi) is 5.87. The lowest BCUT2D eigenvalue weighted by Crippen LogP contribution is -2.43. The summed E-state index contributed by atoms with van der Waals surface area (Å²) in [7, 11) is 0. The molecule has 0 amide bonds. The Labute approximate surface area is 146 Å². The third-order valence-corrected chi connectivity index (χ3v) is 5.10. The summed E-state index contributed by atoms with van der Waals surface area (Å²) in [4.78, 5) is 7.01. The zero-order valence-corrected chi connectivity index (χ0v) is 15.3. The van der Waals surface area contributed by atoms with E-state index in [1.807, 2.05) is 12.3 Å². The number of hydrogen-bond donors (Lipinski definition) is 2. The van der Waals surface area contributed by atoms with Crippen molar-refractivity contribution in [1.82, 2.24) is 20.7 Å². The molecule has 2 aliphatic heterocycles. The smallest absolute Gasteiger partial charge is 0.0703 e. The van der Waals surface area contributed by atoms with E-state index in [9.17, 15) is 0 Å². The molecule has 24 heavy (non-hydrogen) atoms. The van der Waals surface area contributed by atoms with E-state index in [1.54, 1.807) is 0 Å². The predicted octanol–water partition coefficient (Wildman–Crippen LogP) is 2.34. The summed E-state index contributed by atoms with van der Waals surface area (Å²) >= 11 is 0. The molecule has 0 aliphatic carbocycles. The van der Waals surface area contributed by atoms with Crippen molar-refractivity contribution in [1.29, 1.82) is 0 Å². The van der Waals surface area contributed by atoms with E-state index < -0.39 is 0 Å². The second kappa shape index (κ2) is 7.91. The molecule has 1 aromatic rings. The average molecular weight is 332 g/mol. The highest BCUT2D eigenvalue weighted by atomic mass is 16.5. The van der Waals surface area contributed by atoms with Crippen LogP contribution in [-0.4, -0.2) is 47.8 Å².